The lowest BCUT2D eigenvalue weighted by atomic mass is 9.96. The van der Waals surface area contributed by atoms with Crippen LogP contribution in [0, 0.1) is 0 Å². The number of hydrogen-bond donors (Lipinski definition) is 2. The van der Waals surface area contributed by atoms with Crippen molar-refractivity contribution in [1.29, 1.82) is 0 Å². The van der Waals surface area contributed by atoms with Gasteiger partial charge in [0.05, 0.1) is 0 Å². The third-order valence-corrected chi connectivity index (χ3v) is 2.18. The summed E-state index contributed by atoms with van der Waals surface area (Å²) in [5.41, 5.74) is 5.04. The molecule has 0 spiro atoms. The predicted octanol–water partition coefficient (Wildman–Crippen LogP) is 1.51. The molecule has 0 radical (unpaired) electrons. The molecule has 0 aliphatic heterocycles. The smallest absolute Gasteiger partial charge is 0.100 e. The van der Waals surface area contributed by atoms with Crippen molar-refractivity contribution in [3.05, 3.63) is 34.9 Å². The van der Waals surface area contributed by atoms with E-state index in [2.05, 4.69) is 0 Å². The molecule has 12 heavy (non-hydrogen) atoms. The molecule has 66 valence electrons. The number of halogens is 1. The monoisotopic (exact) mass is 185 g/mol. The van der Waals surface area contributed by atoms with Crippen LogP contribution < -0.4 is 5.73 Å². The third kappa shape index (κ3) is 1.78. The molecule has 0 aliphatic carbocycles. The zero-order chi connectivity index (χ0) is 9.19. The van der Waals surface area contributed by atoms with Crippen LogP contribution in [0.25, 0.3) is 0 Å². The summed E-state index contributed by atoms with van der Waals surface area (Å²) in [4.78, 5) is 0. The lowest BCUT2D eigenvalue weighted by Gasteiger charge is -2.22. The van der Waals surface area contributed by atoms with Crippen LogP contribution in [0.1, 0.15) is 12.5 Å². The second kappa shape index (κ2) is 3.44. The number of benzene rings is 1. The molecule has 0 saturated heterocycles. The first-order valence-electron chi connectivity index (χ1n) is 3.75. The van der Waals surface area contributed by atoms with Crippen molar-refractivity contribution in [3.63, 3.8) is 0 Å². The van der Waals surface area contributed by atoms with E-state index in [9.17, 15) is 5.11 Å². The largest absolute Gasteiger partial charge is 0.384 e. The van der Waals surface area contributed by atoms with Gasteiger partial charge in [0.2, 0.25) is 0 Å². The van der Waals surface area contributed by atoms with Gasteiger partial charge in [0, 0.05) is 17.1 Å². The van der Waals surface area contributed by atoms with Gasteiger partial charge in [-0.25, -0.2) is 0 Å². The first kappa shape index (κ1) is 9.52. The molecule has 1 rings (SSSR count). The van der Waals surface area contributed by atoms with Gasteiger partial charge < -0.3 is 10.8 Å². The summed E-state index contributed by atoms with van der Waals surface area (Å²) in [5, 5.41) is 10.3. The normalized spacial score (nSPS) is 15.7. The van der Waals surface area contributed by atoms with E-state index in [4.69, 9.17) is 17.3 Å². The van der Waals surface area contributed by atoms with Gasteiger partial charge in [-0.15, -0.1) is 0 Å². The van der Waals surface area contributed by atoms with Crippen molar-refractivity contribution in [1.82, 2.24) is 0 Å². The van der Waals surface area contributed by atoms with Gasteiger partial charge in [0.25, 0.3) is 0 Å². The van der Waals surface area contributed by atoms with Crippen molar-refractivity contribution in [2.75, 3.05) is 6.54 Å². The highest BCUT2D eigenvalue weighted by Crippen LogP contribution is 2.26. The molecular weight excluding hydrogens is 174 g/mol. The highest BCUT2D eigenvalue weighted by atomic mass is 35.5. The minimum atomic E-state index is -1.03. The van der Waals surface area contributed by atoms with Gasteiger partial charge >= 0.3 is 0 Å². The molecule has 0 bridgehead atoms. The van der Waals surface area contributed by atoms with Crippen LogP contribution >= 0.6 is 11.6 Å². The van der Waals surface area contributed by atoms with Gasteiger partial charge in [-0.2, -0.15) is 0 Å². The summed E-state index contributed by atoms with van der Waals surface area (Å²) in [7, 11) is 0. The van der Waals surface area contributed by atoms with E-state index >= 15 is 0 Å². The fraction of sp³-hybridized carbons (Fsp3) is 0.333. The lowest BCUT2D eigenvalue weighted by Crippen LogP contribution is -2.31. The van der Waals surface area contributed by atoms with Crippen LogP contribution in [0.4, 0.5) is 0 Å². The molecule has 3 N–H and O–H groups in total. The van der Waals surface area contributed by atoms with E-state index in [0.29, 0.717) is 10.6 Å². The zero-order valence-corrected chi connectivity index (χ0v) is 7.67. The molecule has 0 aliphatic rings. The SMILES string of the molecule is C[C@](O)(CN)c1ccccc1Cl. The molecule has 1 aromatic rings. The number of nitrogens with two attached hydrogens (primary N) is 1. The highest BCUT2D eigenvalue weighted by molar-refractivity contribution is 6.31. The van der Waals surface area contributed by atoms with E-state index in [1.807, 2.05) is 12.1 Å². The number of aliphatic hydroxyl groups is 1. The third-order valence-electron chi connectivity index (χ3n) is 1.85. The molecule has 1 atom stereocenters. The Morgan fingerprint density at radius 2 is 2.08 bits per heavy atom. The second-order valence-electron chi connectivity index (χ2n) is 2.96. The first-order chi connectivity index (χ1) is 5.58. The van der Waals surface area contributed by atoms with E-state index in [1.54, 1.807) is 19.1 Å². The topological polar surface area (TPSA) is 46.2 Å². The standard InChI is InChI=1S/C9H12ClNO/c1-9(12,6-11)7-4-2-3-5-8(7)10/h2-5,12H,6,11H2,1H3/t9-/m0/s1. The molecule has 0 aromatic heterocycles. The summed E-state index contributed by atoms with van der Waals surface area (Å²) in [6, 6.07) is 7.15. The van der Waals surface area contributed by atoms with E-state index in [0.717, 1.165) is 0 Å². The van der Waals surface area contributed by atoms with E-state index in [1.165, 1.54) is 0 Å². The minimum Gasteiger partial charge on any atom is -0.384 e. The fourth-order valence-electron chi connectivity index (χ4n) is 1.01. The molecular formula is C9H12ClNO. The maximum Gasteiger partial charge on any atom is 0.100 e. The average Bonchev–Trinajstić information content (AvgIpc) is 2.05. The van der Waals surface area contributed by atoms with E-state index < -0.39 is 5.60 Å². The van der Waals surface area contributed by atoms with Crippen molar-refractivity contribution in [2.45, 2.75) is 12.5 Å². The van der Waals surface area contributed by atoms with Crippen LogP contribution in [0.15, 0.2) is 24.3 Å². The summed E-state index contributed by atoms with van der Waals surface area (Å²) < 4.78 is 0. The second-order valence-corrected chi connectivity index (χ2v) is 3.37. The van der Waals surface area contributed by atoms with Crippen LogP contribution in [0.3, 0.4) is 0 Å². The molecule has 1 aromatic carbocycles. The lowest BCUT2D eigenvalue weighted by molar-refractivity contribution is 0.0669. The molecule has 0 fully saturated rings. The van der Waals surface area contributed by atoms with Gasteiger partial charge in [0.1, 0.15) is 5.60 Å². The predicted molar refractivity (Wildman–Crippen MR) is 50.1 cm³/mol. The Balaban J connectivity index is 3.10. The Labute approximate surface area is 77.0 Å². The van der Waals surface area contributed by atoms with E-state index in [-0.39, 0.29) is 6.54 Å². The zero-order valence-electron chi connectivity index (χ0n) is 6.92. The summed E-state index contributed by atoms with van der Waals surface area (Å²) >= 11 is 5.87. The van der Waals surface area contributed by atoms with Crippen molar-refractivity contribution in [2.24, 2.45) is 5.73 Å². The van der Waals surface area contributed by atoms with Crippen LogP contribution in [-0.2, 0) is 5.60 Å². The fourth-order valence-corrected chi connectivity index (χ4v) is 1.35. The summed E-state index contributed by atoms with van der Waals surface area (Å²) in [6.45, 7) is 1.81. The van der Waals surface area contributed by atoms with Crippen LogP contribution in [0.2, 0.25) is 5.02 Å². The Morgan fingerprint density at radius 1 is 1.50 bits per heavy atom. The van der Waals surface area contributed by atoms with Gasteiger partial charge in [-0.1, -0.05) is 29.8 Å². The molecule has 0 heterocycles. The average molecular weight is 186 g/mol. The van der Waals surface area contributed by atoms with Crippen LogP contribution in [-0.4, -0.2) is 11.7 Å². The first-order valence-corrected chi connectivity index (χ1v) is 4.13. The van der Waals surface area contributed by atoms with Gasteiger partial charge in [-0.05, 0) is 13.0 Å². The Kier molecular flexibility index (Phi) is 2.73. The van der Waals surface area contributed by atoms with Crippen molar-refractivity contribution < 1.29 is 5.11 Å². The Bertz CT molecular complexity index is 273. The Morgan fingerprint density at radius 3 is 2.58 bits per heavy atom. The van der Waals surface area contributed by atoms with Crippen LogP contribution in [0.5, 0.6) is 0 Å². The van der Waals surface area contributed by atoms with Gasteiger partial charge in [-0.3, -0.25) is 0 Å². The van der Waals surface area contributed by atoms with Gasteiger partial charge in [0.15, 0.2) is 0 Å². The molecule has 0 amide bonds. The number of rotatable bonds is 2. The maximum atomic E-state index is 9.77. The summed E-state index contributed by atoms with van der Waals surface area (Å²) in [5.74, 6) is 0. The quantitative estimate of drug-likeness (QED) is 0.734. The highest BCUT2D eigenvalue weighted by Gasteiger charge is 2.22. The number of hydrogen-bond acceptors (Lipinski definition) is 2. The molecule has 0 unspecified atom stereocenters. The molecule has 0 saturated carbocycles. The maximum absolute atomic E-state index is 9.77. The molecule has 2 nitrogen and oxygen atoms in total. The van der Waals surface area contributed by atoms with Crippen molar-refractivity contribution in [3.8, 4) is 0 Å². The molecule has 3 heteroatoms. The minimum absolute atomic E-state index is 0.163. The van der Waals surface area contributed by atoms with Crippen molar-refractivity contribution >= 4 is 11.6 Å². The summed E-state index contributed by atoms with van der Waals surface area (Å²) in [6.07, 6.45) is 0. The Hall–Kier alpha value is -0.570.